The van der Waals surface area contributed by atoms with Crippen LogP contribution in [0.2, 0.25) is 0 Å². The number of hydrogen-bond donors (Lipinski definition) is 3. The lowest BCUT2D eigenvalue weighted by molar-refractivity contribution is -0.137. The molecule has 13 heteroatoms. The van der Waals surface area contributed by atoms with E-state index in [0.29, 0.717) is 11.8 Å². The molecule has 0 bridgehead atoms. The van der Waals surface area contributed by atoms with Gasteiger partial charge in [0.1, 0.15) is 11.5 Å². The summed E-state index contributed by atoms with van der Waals surface area (Å²) in [6.45, 7) is 1.59. The molecule has 1 fully saturated rings. The number of carbonyl (C=O) groups excluding carboxylic acids is 1. The first-order chi connectivity index (χ1) is 13.8. The molecule has 3 heterocycles. The normalized spacial score (nSPS) is 21.1. The van der Waals surface area contributed by atoms with Crippen molar-refractivity contribution in [2.75, 3.05) is 18.1 Å². The summed E-state index contributed by atoms with van der Waals surface area (Å²) in [5.41, 5.74) is -1.95. The molecular weight excluding hydrogens is 425 g/mol. The van der Waals surface area contributed by atoms with Crippen molar-refractivity contribution in [3.05, 3.63) is 53.5 Å². The summed E-state index contributed by atoms with van der Waals surface area (Å²) >= 11 is 0. The van der Waals surface area contributed by atoms with Crippen LogP contribution in [0.1, 0.15) is 28.5 Å². The Morgan fingerprint density at radius 1 is 1.30 bits per heavy atom. The summed E-state index contributed by atoms with van der Waals surface area (Å²) in [6, 6.07) is 4.64. The number of anilines is 1. The van der Waals surface area contributed by atoms with E-state index in [2.05, 4.69) is 20.6 Å². The minimum atomic E-state index is -4.57. The van der Waals surface area contributed by atoms with E-state index in [9.17, 15) is 26.4 Å². The van der Waals surface area contributed by atoms with E-state index >= 15 is 0 Å². The average molecular weight is 442 g/mol. The van der Waals surface area contributed by atoms with Crippen LogP contribution in [-0.4, -0.2) is 47.4 Å². The van der Waals surface area contributed by atoms with Crippen LogP contribution >= 0.6 is 0 Å². The summed E-state index contributed by atoms with van der Waals surface area (Å²) in [7, 11) is -2.46. The molecule has 9 nitrogen and oxygen atoms in total. The highest BCUT2D eigenvalue weighted by Gasteiger charge is 2.42. The molecule has 160 valence electrons. The molecule has 0 spiro atoms. The molecule has 1 atom stereocenters. The van der Waals surface area contributed by atoms with Crippen molar-refractivity contribution < 1.29 is 26.4 Å². The monoisotopic (exact) mass is 442 g/mol. The summed E-state index contributed by atoms with van der Waals surface area (Å²) in [4.78, 5) is 19.8. The van der Waals surface area contributed by atoms with Gasteiger partial charge in [0.25, 0.3) is 5.91 Å². The number of nitrogens with zero attached hydrogens (tertiary/aromatic N) is 3. The number of pyridine rings is 2. The third kappa shape index (κ3) is 4.20. The minimum absolute atomic E-state index is 0.0464. The highest BCUT2D eigenvalue weighted by Crippen LogP contribution is 2.29. The van der Waals surface area contributed by atoms with Gasteiger partial charge in [-0.25, -0.2) is 17.7 Å². The zero-order valence-corrected chi connectivity index (χ0v) is 16.6. The number of carbonyl (C=O) groups is 1. The van der Waals surface area contributed by atoms with Crippen LogP contribution in [0.3, 0.4) is 0 Å². The zero-order valence-electron chi connectivity index (χ0n) is 15.8. The maximum Gasteiger partial charge on any atom is 0.417 e. The first-order valence-corrected chi connectivity index (χ1v) is 10.1. The Labute approximate surface area is 169 Å². The first kappa shape index (κ1) is 21.5. The van der Waals surface area contributed by atoms with Gasteiger partial charge in [0.05, 0.1) is 16.9 Å². The van der Waals surface area contributed by atoms with Crippen molar-refractivity contribution in [3.8, 4) is 0 Å². The lowest BCUT2D eigenvalue weighted by atomic mass is 9.95. The second kappa shape index (κ2) is 7.23. The van der Waals surface area contributed by atoms with Crippen LogP contribution in [0.15, 0.2) is 36.7 Å². The maximum atomic E-state index is 12.6. The lowest BCUT2D eigenvalue weighted by Gasteiger charge is -2.40. The number of nitrogens with one attached hydrogen (secondary N) is 3. The van der Waals surface area contributed by atoms with Gasteiger partial charge >= 0.3 is 6.18 Å². The first-order valence-electron chi connectivity index (χ1n) is 8.46. The molecule has 2 aromatic rings. The summed E-state index contributed by atoms with van der Waals surface area (Å²) in [6.07, 6.45) is -2.67. The van der Waals surface area contributed by atoms with Crippen molar-refractivity contribution in [1.29, 1.82) is 5.41 Å². The molecule has 1 aliphatic rings. The number of aromatic nitrogens is 2. The average Bonchev–Trinajstić information content (AvgIpc) is 2.65. The number of guanidine groups is 1. The van der Waals surface area contributed by atoms with Crippen molar-refractivity contribution in [2.45, 2.75) is 18.6 Å². The topological polar surface area (TPSA) is 128 Å². The smallest absolute Gasteiger partial charge is 0.345 e. The van der Waals surface area contributed by atoms with Crippen molar-refractivity contribution >= 4 is 27.7 Å². The Balaban J connectivity index is 1.82. The van der Waals surface area contributed by atoms with Gasteiger partial charge < -0.3 is 10.6 Å². The Kier molecular flexibility index (Phi) is 5.18. The maximum absolute atomic E-state index is 12.6. The van der Waals surface area contributed by atoms with Crippen LogP contribution in [0, 0.1) is 5.41 Å². The van der Waals surface area contributed by atoms with Crippen LogP contribution in [0.5, 0.6) is 0 Å². The van der Waals surface area contributed by atoms with E-state index in [1.807, 2.05) is 0 Å². The van der Waals surface area contributed by atoms with Crippen LogP contribution < -0.4 is 10.6 Å². The number of alkyl halides is 3. The Morgan fingerprint density at radius 2 is 2.00 bits per heavy atom. The minimum Gasteiger partial charge on any atom is -0.345 e. The highest BCUT2D eigenvalue weighted by atomic mass is 32.2. The van der Waals surface area contributed by atoms with E-state index < -0.39 is 33.2 Å². The van der Waals surface area contributed by atoms with Gasteiger partial charge in [0.2, 0.25) is 16.0 Å². The van der Waals surface area contributed by atoms with E-state index in [1.165, 1.54) is 25.4 Å². The fourth-order valence-electron chi connectivity index (χ4n) is 2.85. The number of rotatable bonds is 3. The van der Waals surface area contributed by atoms with Gasteiger partial charge in [0, 0.05) is 19.4 Å². The molecule has 1 amide bonds. The highest BCUT2D eigenvalue weighted by molar-refractivity contribution is 7.89. The molecule has 0 saturated carbocycles. The quantitative estimate of drug-likeness (QED) is 0.665. The number of hydrogen-bond acceptors (Lipinski definition) is 6. The van der Waals surface area contributed by atoms with E-state index in [0.717, 1.165) is 16.4 Å². The summed E-state index contributed by atoms with van der Waals surface area (Å²) in [5, 5.41) is 13.1. The molecule has 0 aliphatic carbocycles. The van der Waals surface area contributed by atoms with E-state index in [-0.39, 0.29) is 23.2 Å². The number of halogens is 3. The van der Waals surface area contributed by atoms with Gasteiger partial charge in [-0.1, -0.05) is 0 Å². The molecule has 3 N–H and O–H groups in total. The molecule has 2 aromatic heterocycles. The number of sulfonamides is 1. The molecule has 1 saturated heterocycles. The Bertz CT molecular complexity index is 1100. The lowest BCUT2D eigenvalue weighted by Crippen LogP contribution is -2.60. The van der Waals surface area contributed by atoms with Crippen LogP contribution in [0.4, 0.5) is 19.0 Å². The predicted octanol–water partition coefficient (Wildman–Crippen LogP) is 1.76. The van der Waals surface area contributed by atoms with Gasteiger partial charge in [-0.3, -0.25) is 15.2 Å². The standard InChI is InChI=1S/C17H17F3N6O3S/c1-16(9-30(28,29)26(2)15(21)25-16)10-5-6-22-13(7-10)24-14(27)12-4-3-11(8-23-12)17(18,19)20/h3-8H,9H2,1-2H3,(H2,21,25)(H,22,24,27)/t16-/m0/s1. The van der Waals surface area contributed by atoms with Crippen LogP contribution in [0.25, 0.3) is 0 Å². The van der Waals surface area contributed by atoms with Gasteiger partial charge in [-0.05, 0) is 36.8 Å². The molecule has 0 aromatic carbocycles. The summed E-state index contributed by atoms with van der Waals surface area (Å²) in [5.74, 6) is -1.38. The number of amides is 1. The fraction of sp³-hybridized carbons (Fsp3) is 0.294. The zero-order chi connectivity index (χ0) is 22.3. The van der Waals surface area contributed by atoms with E-state index in [1.54, 1.807) is 6.92 Å². The Morgan fingerprint density at radius 3 is 2.57 bits per heavy atom. The largest absolute Gasteiger partial charge is 0.417 e. The third-order valence-corrected chi connectivity index (χ3v) is 6.52. The van der Waals surface area contributed by atoms with E-state index in [4.69, 9.17) is 5.41 Å². The molecule has 3 rings (SSSR count). The second-order valence-corrected chi connectivity index (χ2v) is 8.84. The second-order valence-electron chi connectivity index (χ2n) is 6.84. The van der Waals surface area contributed by atoms with Crippen molar-refractivity contribution in [3.63, 3.8) is 0 Å². The molecule has 1 aliphatic heterocycles. The molecule has 30 heavy (non-hydrogen) atoms. The van der Waals surface area contributed by atoms with Crippen molar-refractivity contribution in [1.82, 2.24) is 19.6 Å². The third-order valence-electron chi connectivity index (χ3n) is 4.56. The summed E-state index contributed by atoms with van der Waals surface area (Å²) < 4.78 is 63.3. The van der Waals surface area contributed by atoms with Crippen molar-refractivity contribution in [2.24, 2.45) is 0 Å². The molecular formula is C17H17F3N6O3S. The molecule has 0 unspecified atom stereocenters. The Hall–Kier alpha value is -3.22. The van der Waals surface area contributed by atoms with Gasteiger partial charge in [-0.2, -0.15) is 13.2 Å². The fourth-order valence-corrected chi connectivity index (χ4v) is 4.34. The predicted molar refractivity (Wildman–Crippen MR) is 101 cm³/mol. The van der Waals surface area contributed by atoms with Gasteiger partial charge in [-0.15, -0.1) is 0 Å². The van der Waals surface area contributed by atoms with Gasteiger partial charge in [0.15, 0.2) is 0 Å². The SMILES string of the molecule is CN1C(=N)N[C@](C)(c2ccnc(NC(=O)c3ccc(C(F)(F)F)cn3)c2)CS1(=O)=O. The van der Waals surface area contributed by atoms with Crippen LogP contribution in [-0.2, 0) is 21.7 Å². The molecule has 0 radical (unpaired) electrons.